The molecule has 2 aromatic carbocycles. The fourth-order valence-electron chi connectivity index (χ4n) is 2.01. The lowest BCUT2D eigenvalue weighted by atomic mass is 9.93. The van der Waals surface area contributed by atoms with Gasteiger partial charge in [-0.15, -0.1) is 0 Å². The molecule has 0 saturated heterocycles. The van der Waals surface area contributed by atoms with Crippen LogP contribution in [0.2, 0.25) is 0 Å². The number of aliphatic carboxylic acids is 1. The van der Waals surface area contributed by atoms with Crippen molar-refractivity contribution in [3.8, 4) is 11.1 Å². The van der Waals surface area contributed by atoms with Crippen LogP contribution in [0.15, 0.2) is 54.6 Å². The van der Waals surface area contributed by atoms with Gasteiger partial charge in [0.15, 0.2) is 0 Å². The summed E-state index contributed by atoms with van der Waals surface area (Å²) in [6, 6.07) is 18.0. The predicted molar refractivity (Wildman–Crippen MR) is 72.4 cm³/mol. The number of carboxylic acids is 1. The highest BCUT2D eigenvalue weighted by Gasteiger charge is 2.14. The number of hydrogen-bond acceptors (Lipinski definition) is 1. The Balaban J connectivity index is 2.35. The molecule has 1 N–H and O–H groups in total. The Hall–Kier alpha value is -2.09. The van der Waals surface area contributed by atoms with Crippen LogP contribution in [0.5, 0.6) is 0 Å². The molecule has 2 rings (SSSR count). The number of carbonyl (C=O) groups is 1. The highest BCUT2D eigenvalue weighted by molar-refractivity contribution is 5.72. The van der Waals surface area contributed by atoms with Crippen LogP contribution in [0.4, 0.5) is 0 Å². The lowest BCUT2D eigenvalue weighted by Crippen LogP contribution is -2.12. The molecule has 92 valence electrons. The SMILES string of the molecule is CC(Cc1ccccc1-c1ccccc1)C(=O)O. The van der Waals surface area contributed by atoms with Gasteiger partial charge in [-0.3, -0.25) is 4.79 Å². The molecule has 0 radical (unpaired) electrons. The summed E-state index contributed by atoms with van der Waals surface area (Å²) in [4.78, 5) is 11.0. The predicted octanol–water partition coefficient (Wildman–Crippen LogP) is 3.62. The minimum Gasteiger partial charge on any atom is -0.481 e. The van der Waals surface area contributed by atoms with E-state index < -0.39 is 5.97 Å². The van der Waals surface area contributed by atoms with E-state index in [9.17, 15) is 4.79 Å². The van der Waals surface area contributed by atoms with Gasteiger partial charge in [0.05, 0.1) is 5.92 Å². The molecule has 0 saturated carbocycles. The van der Waals surface area contributed by atoms with E-state index >= 15 is 0 Å². The van der Waals surface area contributed by atoms with Gasteiger partial charge in [0, 0.05) is 0 Å². The quantitative estimate of drug-likeness (QED) is 0.886. The second-order valence-corrected chi connectivity index (χ2v) is 4.47. The van der Waals surface area contributed by atoms with Crippen LogP contribution in [-0.2, 0) is 11.2 Å². The number of carboxylic acid groups (broad SMARTS) is 1. The summed E-state index contributed by atoms with van der Waals surface area (Å²) >= 11 is 0. The molecule has 2 heteroatoms. The Bertz CT molecular complexity index is 532. The lowest BCUT2D eigenvalue weighted by Gasteiger charge is -2.12. The molecule has 2 aromatic rings. The average molecular weight is 240 g/mol. The van der Waals surface area contributed by atoms with Crippen LogP contribution in [0.3, 0.4) is 0 Å². The highest BCUT2D eigenvalue weighted by atomic mass is 16.4. The molecular formula is C16H16O2. The molecular weight excluding hydrogens is 224 g/mol. The molecule has 0 heterocycles. The molecule has 0 bridgehead atoms. The standard InChI is InChI=1S/C16H16O2/c1-12(16(17)18)11-14-9-5-6-10-15(14)13-7-3-2-4-8-13/h2-10,12H,11H2,1H3,(H,17,18). The Morgan fingerprint density at radius 3 is 2.33 bits per heavy atom. The highest BCUT2D eigenvalue weighted by Crippen LogP contribution is 2.25. The molecule has 0 amide bonds. The third-order valence-corrected chi connectivity index (χ3v) is 3.05. The molecule has 0 aromatic heterocycles. The van der Waals surface area contributed by atoms with Crippen LogP contribution in [-0.4, -0.2) is 11.1 Å². The summed E-state index contributed by atoms with van der Waals surface area (Å²) in [6.07, 6.45) is 0.556. The van der Waals surface area contributed by atoms with E-state index in [0.717, 1.165) is 16.7 Å². The van der Waals surface area contributed by atoms with E-state index in [1.807, 2.05) is 54.6 Å². The zero-order valence-corrected chi connectivity index (χ0v) is 10.3. The first-order chi connectivity index (χ1) is 8.68. The summed E-state index contributed by atoms with van der Waals surface area (Å²) in [6.45, 7) is 1.74. The molecule has 0 aliphatic rings. The molecule has 18 heavy (non-hydrogen) atoms. The zero-order chi connectivity index (χ0) is 13.0. The zero-order valence-electron chi connectivity index (χ0n) is 10.3. The first-order valence-corrected chi connectivity index (χ1v) is 6.04. The molecule has 1 atom stereocenters. The fourth-order valence-corrected chi connectivity index (χ4v) is 2.01. The van der Waals surface area contributed by atoms with Gasteiger partial charge in [0.1, 0.15) is 0 Å². The first kappa shape index (κ1) is 12.4. The lowest BCUT2D eigenvalue weighted by molar-refractivity contribution is -0.141. The maximum absolute atomic E-state index is 11.0. The van der Waals surface area contributed by atoms with Crippen molar-refractivity contribution in [1.29, 1.82) is 0 Å². The summed E-state index contributed by atoms with van der Waals surface area (Å²) in [5, 5.41) is 9.00. The number of hydrogen-bond donors (Lipinski definition) is 1. The van der Waals surface area contributed by atoms with Gasteiger partial charge in [-0.05, 0) is 23.1 Å². The summed E-state index contributed by atoms with van der Waals surface area (Å²) < 4.78 is 0. The van der Waals surface area contributed by atoms with Crippen LogP contribution in [0, 0.1) is 5.92 Å². The van der Waals surface area contributed by atoms with E-state index in [1.54, 1.807) is 6.92 Å². The number of benzene rings is 2. The summed E-state index contributed by atoms with van der Waals surface area (Å²) in [7, 11) is 0. The molecule has 0 aliphatic heterocycles. The van der Waals surface area contributed by atoms with Crippen LogP contribution >= 0.6 is 0 Å². The van der Waals surface area contributed by atoms with Crippen molar-refractivity contribution >= 4 is 5.97 Å². The third-order valence-electron chi connectivity index (χ3n) is 3.05. The van der Waals surface area contributed by atoms with Gasteiger partial charge in [-0.25, -0.2) is 0 Å². The van der Waals surface area contributed by atoms with Gasteiger partial charge in [-0.2, -0.15) is 0 Å². The van der Waals surface area contributed by atoms with Crippen molar-refractivity contribution in [2.24, 2.45) is 5.92 Å². The second-order valence-electron chi connectivity index (χ2n) is 4.47. The molecule has 0 aliphatic carbocycles. The Morgan fingerprint density at radius 2 is 1.67 bits per heavy atom. The smallest absolute Gasteiger partial charge is 0.306 e. The Labute approximate surface area is 107 Å². The Morgan fingerprint density at radius 1 is 1.06 bits per heavy atom. The first-order valence-electron chi connectivity index (χ1n) is 6.04. The largest absolute Gasteiger partial charge is 0.481 e. The molecule has 1 unspecified atom stereocenters. The topological polar surface area (TPSA) is 37.3 Å². The molecule has 2 nitrogen and oxygen atoms in total. The minimum atomic E-state index is -0.752. The van der Waals surface area contributed by atoms with Gasteiger partial charge >= 0.3 is 5.97 Å². The van der Waals surface area contributed by atoms with Crippen molar-refractivity contribution in [2.45, 2.75) is 13.3 Å². The van der Waals surface area contributed by atoms with Crippen LogP contribution in [0.1, 0.15) is 12.5 Å². The van der Waals surface area contributed by atoms with Crippen molar-refractivity contribution < 1.29 is 9.90 Å². The van der Waals surface area contributed by atoms with E-state index in [2.05, 4.69) is 0 Å². The van der Waals surface area contributed by atoms with Crippen molar-refractivity contribution in [3.63, 3.8) is 0 Å². The van der Waals surface area contributed by atoms with E-state index in [0.29, 0.717) is 6.42 Å². The van der Waals surface area contributed by atoms with Crippen LogP contribution < -0.4 is 0 Å². The van der Waals surface area contributed by atoms with E-state index in [-0.39, 0.29) is 5.92 Å². The van der Waals surface area contributed by atoms with Gasteiger partial charge in [-0.1, -0.05) is 61.5 Å². The monoisotopic (exact) mass is 240 g/mol. The van der Waals surface area contributed by atoms with Crippen LogP contribution in [0.25, 0.3) is 11.1 Å². The summed E-state index contributed by atoms with van der Waals surface area (Å²) in [5.74, 6) is -1.12. The maximum atomic E-state index is 11.0. The Kier molecular flexibility index (Phi) is 3.78. The van der Waals surface area contributed by atoms with Gasteiger partial charge in [0.25, 0.3) is 0 Å². The maximum Gasteiger partial charge on any atom is 0.306 e. The minimum absolute atomic E-state index is 0.366. The normalized spacial score (nSPS) is 12.1. The fraction of sp³-hybridized carbons (Fsp3) is 0.188. The van der Waals surface area contributed by atoms with E-state index in [1.165, 1.54) is 0 Å². The van der Waals surface area contributed by atoms with Gasteiger partial charge in [0.2, 0.25) is 0 Å². The number of rotatable bonds is 4. The van der Waals surface area contributed by atoms with Crippen molar-refractivity contribution in [2.75, 3.05) is 0 Å². The third kappa shape index (κ3) is 2.77. The summed E-state index contributed by atoms with van der Waals surface area (Å²) in [5.41, 5.74) is 3.33. The van der Waals surface area contributed by atoms with Crippen molar-refractivity contribution in [3.05, 3.63) is 60.2 Å². The average Bonchev–Trinajstić information content (AvgIpc) is 2.40. The second kappa shape index (κ2) is 5.50. The van der Waals surface area contributed by atoms with E-state index in [4.69, 9.17) is 5.11 Å². The molecule has 0 spiro atoms. The van der Waals surface area contributed by atoms with Crippen molar-refractivity contribution in [1.82, 2.24) is 0 Å². The molecule has 0 fully saturated rings. The van der Waals surface area contributed by atoms with Gasteiger partial charge < -0.3 is 5.11 Å².